The van der Waals surface area contributed by atoms with E-state index >= 15 is 0 Å². The number of hydrogen-bond acceptors (Lipinski definition) is 3. The summed E-state index contributed by atoms with van der Waals surface area (Å²) in [7, 11) is 3.94. The van der Waals surface area contributed by atoms with Crippen LogP contribution in [-0.4, -0.2) is 48.7 Å². The molecule has 0 saturated carbocycles. The summed E-state index contributed by atoms with van der Waals surface area (Å²) in [5, 5.41) is 11.6. The summed E-state index contributed by atoms with van der Waals surface area (Å²) in [6.45, 7) is 0.782. The van der Waals surface area contributed by atoms with Gasteiger partial charge < -0.3 is 15.3 Å². The zero-order valence-corrected chi connectivity index (χ0v) is 6.87. The van der Waals surface area contributed by atoms with E-state index < -0.39 is 5.97 Å². The molecular formula is C7H14N2O2. The Morgan fingerprint density at radius 1 is 1.64 bits per heavy atom. The first-order valence-electron chi connectivity index (χ1n) is 3.74. The smallest absolute Gasteiger partial charge is 0.320 e. The van der Waals surface area contributed by atoms with Gasteiger partial charge in [-0.25, -0.2) is 0 Å². The molecule has 1 saturated heterocycles. The van der Waals surface area contributed by atoms with Gasteiger partial charge in [-0.15, -0.1) is 0 Å². The highest BCUT2D eigenvalue weighted by atomic mass is 16.4. The van der Waals surface area contributed by atoms with Crippen molar-refractivity contribution in [3.8, 4) is 0 Å². The van der Waals surface area contributed by atoms with Gasteiger partial charge in [0.15, 0.2) is 0 Å². The number of carbonyl (C=O) groups is 1. The first-order chi connectivity index (χ1) is 5.11. The zero-order chi connectivity index (χ0) is 8.43. The van der Waals surface area contributed by atoms with Crippen LogP contribution in [0.5, 0.6) is 0 Å². The van der Waals surface area contributed by atoms with Crippen LogP contribution in [0.4, 0.5) is 0 Å². The van der Waals surface area contributed by atoms with E-state index in [4.69, 9.17) is 5.11 Å². The van der Waals surface area contributed by atoms with Crippen LogP contribution >= 0.6 is 0 Å². The van der Waals surface area contributed by atoms with Crippen molar-refractivity contribution in [2.24, 2.45) is 0 Å². The van der Waals surface area contributed by atoms with E-state index in [-0.39, 0.29) is 6.04 Å². The summed E-state index contributed by atoms with van der Waals surface area (Å²) >= 11 is 0. The number of likely N-dealkylation sites (N-methyl/N-ethyl adjacent to an activating group) is 1. The molecule has 0 aromatic rings. The summed E-state index contributed by atoms with van der Waals surface area (Å²) in [6, 6.07) is 0.0264. The molecule has 1 fully saturated rings. The van der Waals surface area contributed by atoms with Crippen LogP contribution < -0.4 is 5.32 Å². The van der Waals surface area contributed by atoms with Gasteiger partial charge in [0, 0.05) is 12.6 Å². The van der Waals surface area contributed by atoms with Gasteiger partial charge in [-0.2, -0.15) is 0 Å². The molecule has 1 rings (SSSR count). The molecule has 0 unspecified atom stereocenters. The quantitative estimate of drug-likeness (QED) is 0.561. The molecule has 64 valence electrons. The third-order valence-corrected chi connectivity index (χ3v) is 2.14. The van der Waals surface area contributed by atoms with E-state index in [1.165, 1.54) is 0 Å². The lowest BCUT2D eigenvalue weighted by Crippen LogP contribution is -2.30. The van der Waals surface area contributed by atoms with Gasteiger partial charge in [0.25, 0.3) is 0 Å². The molecule has 11 heavy (non-hydrogen) atoms. The van der Waals surface area contributed by atoms with E-state index in [1.54, 1.807) is 0 Å². The second kappa shape index (κ2) is 3.19. The van der Waals surface area contributed by atoms with Crippen LogP contribution in [0, 0.1) is 0 Å². The van der Waals surface area contributed by atoms with Crippen molar-refractivity contribution in [2.45, 2.75) is 18.5 Å². The lowest BCUT2D eigenvalue weighted by molar-refractivity contribution is -0.139. The SMILES string of the molecule is CN(C)[C@H]1CN[C@@H](C(=O)O)C1. The minimum atomic E-state index is -0.741. The number of hydrogen-bond donors (Lipinski definition) is 2. The van der Waals surface area contributed by atoms with E-state index in [0.29, 0.717) is 12.5 Å². The molecule has 1 aliphatic heterocycles. The number of carboxylic acid groups (broad SMARTS) is 1. The molecule has 0 radical (unpaired) electrons. The molecule has 1 heterocycles. The van der Waals surface area contributed by atoms with Crippen molar-refractivity contribution in [2.75, 3.05) is 20.6 Å². The Morgan fingerprint density at radius 3 is 2.55 bits per heavy atom. The fourth-order valence-corrected chi connectivity index (χ4v) is 1.30. The highest BCUT2D eigenvalue weighted by Crippen LogP contribution is 2.10. The normalized spacial score (nSPS) is 31.2. The van der Waals surface area contributed by atoms with E-state index in [2.05, 4.69) is 10.2 Å². The Morgan fingerprint density at radius 2 is 2.27 bits per heavy atom. The second-order valence-corrected chi connectivity index (χ2v) is 3.15. The number of nitrogens with one attached hydrogen (secondary N) is 1. The van der Waals surface area contributed by atoms with Crippen molar-refractivity contribution in [3.05, 3.63) is 0 Å². The molecule has 4 heteroatoms. The molecule has 0 aliphatic carbocycles. The summed E-state index contributed by atoms with van der Waals surface area (Å²) < 4.78 is 0. The predicted octanol–water partition coefficient (Wildman–Crippen LogP) is -0.637. The minimum Gasteiger partial charge on any atom is -0.480 e. The molecule has 0 aromatic carbocycles. The molecule has 2 atom stereocenters. The average Bonchev–Trinajstić information content (AvgIpc) is 2.33. The van der Waals surface area contributed by atoms with Crippen LogP contribution in [0.15, 0.2) is 0 Å². The standard InChI is InChI=1S/C7H14N2O2/c1-9(2)5-3-6(7(10)11)8-4-5/h5-6,8H,3-4H2,1-2H3,(H,10,11)/t5-,6-/m1/s1. The van der Waals surface area contributed by atoms with Crippen LogP contribution in [0.25, 0.3) is 0 Å². The first kappa shape index (κ1) is 8.49. The lowest BCUT2D eigenvalue weighted by atomic mass is 10.1. The minimum absolute atomic E-state index is 0.345. The van der Waals surface area contributed by atoms with Crippen LogP contribution in [0.3, 0.4) is 0 Å². The van der Waals surface area contributed by atoms with Gasteiger partial charge >= 0.3 is 5.97 Å². The Labute approximate surface area is 66.2 Å². The Hall–Kier alpha value is -0.610. The Balaban J connectivity index is 2.41. The second-order valence-electron chi connectivity index (χ2n) is 3.15. The van der Waals surface area contributed by atoms with Gasteiger partial charge in [-0.1, -0.05) is 0 Å². The number of rotatable bonds is 2. The molecule has 0 spiro atoms. The Kier molecular flexibility index (Phi) is 2.46. The van der Waals surface area contributed by atoms with Gasteiger partial charge in [0.1, 0.15) is 6.04 Å². The van der Waals surface area contributed by atoms with E-state index in [0.717, 1.165) is 6.54 Å². The Bertz CT molecular complexity index is 159. The molecule has 1 aliphatic rings. The van der Waals surface area contributed by atoms with Crippen LogP contribution in [0.1, 0.15) is 6.42 Å². The molecule has 0 amide bonds. The molecule has 0 bridgehead atoms. The topological polar surface area (TPSA) is 52.6 Å². The van der Waals surface area contributed by atoms with Crippen molar-refractivity contribution in [1.29, 1.82) is 0 Å². The molecule has 0 aromatic heterocycles. The maximum Gasteiger partial charge on any atom is 0.320 e. The van der Waals surface area contributed by atoms with Crippen LogP contribution in [0.2, 0.25) is 0 Å². The summed E-state index contributed by atoms with van der Waals surface area (Å²) in [5.74, 6) is -0.741. The molecule has 4 nitrogen and oxygen atoms in total. The highest BCUT2D eigenvalue weighted by molar-refractivity contribution is 5.73. The number of nitrogens with zero attached hydrogens (tertiary/aromatic N) is 1. The fraction of sp³-hybridized carbons (Fsp3) is 0.857. The van der Waals surface area contributed by atoms with E-state index in [9.17, 15) is 4.79 Å². The third kappa shape index (κ3) is 1.91. The maximum absolute atomic E-state index is 10.5. The zero-order valence-electron chi connectivity index (χ0n) is 6.87. The number of carboxylic acids is 1. The van der Waals surface area contributed by atoms with Crippen molar-refractivity contribution in [3.63, 3.8) is 0 Å². The monoisotopic (exact) mass is 158 g/mol. The number of aliphatic carboxylic acids is 1. The lowest BCUT2D eigenvalue weighted by Gasteiger charge is -2.16. The molecule has 2 N–H and O–H groups in total. The fourth-order valence-electron chi connectivity index (χ4n) is 1.30. The summed E-state index contributed by atoms with van der Waals surface area (Å²) in [4.78, 5) is 12.5. The maximum atomic E-state index is 10.5. The van der Waals surface area contributed by atoms with Gasteiger partial charge in [-0.05, 0) is 20.5 Å². The largest absolute Gasteiger partial charge is 0.480 e. The van der Waals surface area contributed by atoms with Crippen molar-refractivity contribution < 1.29 is 9.90 Å². The average molecular weight is 158 g/mol. The summed E-state index contributed by atoms with van der Waals surface area (Å²) in [6.07, 6.45) is 0.711. The van der Waals surface area contributed by atoms with Crippen molar-refractivity contribution >= 4 is 5.97 Å². The third-order valence-electron chi connectivity index (χ3n) is 2.14. The molecular weight excluding hydrogens is 144 g/mol. The predicted molar refractivity (Wildman–Crippen MR) is 41.5 cm³/mol. The first-order valence-corrected chi connectivity index (χ1v) is 3.74. The van der Waals surface area contributed by atoms with Gasteiger partial charge in [0.2, 0.25) is 0 Å². The van der Waals surface area contributed by atoms with E-state index in [1.807, 2.05) is 14.1 Å². The highest BCUT2D eigenvalue weighted by Gasteiger charge is 2.29. The van der Waals surface area contributed by atoms with Crippen LogP contribution in [-0.2, 0) is 4.79 Å². The van der Waals surface area contributed by atoms with Crippen molar-refractivity contribution in [1.82, 2.24) is 10.2 Å². The summed E-state index contributed by atoms with van der Waals surface area (Å²) in [5.41, 5.74) is 0. The van der Waals surface area contributed by atoms with Gasteiger partial charge in [-0.3, -0.25) is 4.79 Å². The van der Waals surface area contributed by atoms with Gasteiger partial charge in [0.05, 0.1) is 0 Å².